The van der Waals surface area contributed by atoms with Crippen LogP contribution in [0.3, 0.4) is 0 Å². The number of ether oxygens (including phenoxy) is 1. The maximum atomic E-state index is 11.5. The third kappa shape index (κ3) is 4.73. The van der Waals surface area contributed by atoms with E-state index in [2.05, 4.69) is 42.3 Å². The Hall–Kier alpha value is -1.56. The summed E-state index contributed by atoms with van der Waals surface area (Å²) in [6.45, 7) is 11.4. The molecule has 22 heavy (non-hydrogen) atoms. The third-order valence-corrected chi connectivity index (χ3v) is 3.83. The highest BCUT2D eigenvalue weighted by molar-refractivity contribution is 5.67. The highest BCUT2D eigenvalue weighted by Crippen LogP contribution is 2.17. The van der Waals surface area contributed by atoms with E-state index in [9.17, 15) is 4.79 Å². The molecule has 1 N–H and O–H groups in total. The maximum absolute atomic E-state index is 11.5. The molecule has 0 aliphatic carbocycles. The zero-order valence-corrected chi connectivity index (χ0v) is 14.1. The lowest BCUT2D eigenvalue weighted by Gasteiger charge is -2.32. The summed E-state index contributed by atoms with van der Waals surface area (Å²) in [6, 6.07) is 0.172. The molecule has 0 spiro atoms. The molecule has 1 aromatic heterocycles. The van der Waals surface area contributed by atoms with E-state index in [4.69, 9.17) is 4.74 Å². The van der Waals surface area contributed by atoms with Crippen molar-refractivity contribution in [3.63, 3.8) is 0 Å². The summed E-state index contributed by atoms with van der Waals surface area (Å²) in [5, 5.41) is 7.39. The number of piperidine rings is 1. The topological polar surface area (TPSA) is 59.4 Å². The van der Waals surface area contributed by atoms with Crippen molar-refractivity contribution < 1.29 is 9.53 Å². The van der Waals surface area contributed by atoms with Crippen LogP contribution >= 0.6 is 0 Å². The molecular formula is C16H28N4O2. The molecule has 2 rings (SSSR count). The van der Waals surface area contributed by atoms with Crippen molar-refractivity contribution in [2.24, 2.45) is 0 Å². The van der Waals surface area contributed by atoms with Crippen molar-refractivity contribution in [1.82, 2.24) is 20.0 Å². The van der Waals surface area contributed by atoms with Crippen molar-refractivity contribution in [2.45, 2.75) is 58.7 Å². The van der Waals surface area contributed by atoms with Gasteiger partial charge in [0.2, 0.25) is 0 Å². The number of nitrogens with one attached hydrogen (secondary N) is 1. The van der Waals surface area contributed by atoms with E-state index in [-0.39, 0.29) is 17.7 Å². The minimum Gasteiger partial charge on any atom is -0.450 e. The predicted molar refractivity (Wildman–Crippen MR) is 85.7 cm³/mol. The van der Waals surface area contributed by atoms with Crippen LogP contribution in [0.5, 0.6) is 0 Å². The van der Waals surface area contributed by atoms with Crippen LogP contribution in [0.1, 0.15) is 46.1 Å². The van der Waals surface area contributed by atoms with Crippen LogP contribution in [0.15, 0.2) is 12.4 Å². The Morgan fingerprint density at radius 1 is 1.50 bits per heavy atom. The quantitative estimate of drug-likeness (QED) is 0.927. The molecule has 0 saturated carbocycles. The molecule has 6 heteroatoms. The first-order chi connectivity index (χ1) is 10.4. The smallest absolute Gasteiger partial charge is 0.407 e. The summed E-state index contributed by atoms with van der Waals surface area (Å²) < 4.78 is 6.96. The van der Waals surface area contributed by atoms with Gasteiger partial charge in [0.15, 0.2) is 0 Å². The molecule has 1 fully saturated rings. The fraction of sp³-hybridized carbons (Fsp3) is 0.750. The average molecular weight is 308 g/mol. The Morgan fingerprint density at radius 3 is 2.91 bits per heavy atom. The summed E-state index contributed by atoms with van der Waals surface area (Å²) in [4.78, 5) is 13.9. The molecular weight excluding hydrogens is 280 g/mol. The second-order valence-corrected chi connectivity index (χ2v) is 6.90. The Balaban J connectivity index is 1.87. The van der Waals surface area contributed by atoms with Crippen molar-refractivity contribution in [2.75, 3.05) is 19.7 Å². The van der Waals surface area contributed by atoms with E-state index in [1.165, 1.54) is 5.56 Å². The van der Waals surface area contributed by atoms with E-state index >= 15 is 0 Å². The number of amides is 1. The zero-order valence-electron chi connectivity index (χ0n) is 14.1. The SMILES string of the molecule is CCOC(=O)NC1CCCN(Cc2cnn(C(C)(C)C)c2)C1. The first-order valence-electron chi connectivity index (χ1n) is 8.08. The molecule has 1 atom stereocenters. The summed E-state index contributed by atoms with van der Waals surface area (Å²) >= 11 is 0. The van der Waals surface area contributed by atoms with Crippen molar-refractivity contribution in [1.29, 1.82) is 0 Å². The number of alkyl carbamates (subject to hydrolysis) is 1. The summed E-state index contributed by atoms with van der Waals surface area (Å²) in [7, 11) is 0. The lowest BCUT2D eigenvalue weighted by atomic mass is 10.1. The van der Waals surface area contributed by atoms with Gasteiger partial charge < -0.3 is 10.1 Å². The van der Waals surface area contributed by atoms with E-state index in [0.717, 1.165) is 32.5 Å². The van der Waals surface area contributed by atoms with Crippen LogP contribution in [-0.2, 0) is 16.8 Å². The second-order valence-electron chi connectivity index (χ2n) is 6.90. The van der Waals surface area contributed by atoms with E-state index in [1.807, 2.05) is 17.8 Å². The van der Waals surface area contributed by atoms with Gasteiger partial charge in [0.05, 0.1) is 18.3 Å². The molecule has 1 aromatic rings. The van der Waals surface area contributed by atoms with Crippen LogP contribution in [0, 0.1) is 0 Å². The fourth-order valence-corrected chi connectivity index (χ4v) is 2.72. The number of aromatic nitrogens is 2. The molecule has 1 saturated heterocycles. The first-order valence-corrected chi connectivity index (χ1v) is 8.08. The van der Waals surface area contributed by atoms with Gasteiger partial charge in [0.1, 0.15) is 0 Å². The monoisotopic (exact) mass is 308 g/mol. The Morgan fingerprint density at radius 2 is 2.27 bits per heavy atom. The molecule has 124 valence electrons. The van der Waals surface area contributed by atoms with Gasteiger partial charge in [-0.05, 0) is 47.1 Å². The van der Waals surface area contributed by atoms with Crippen LogP contribution in [0.4, 0.5) is 4.79 Å². The molecule has 2 heterocycles. The number of hydrogen-bond acceptors (Lipinski definition) is 4. The Labute approximate surface area is 132 Å². The highest BCUT2D eigenvalue weighted by Gasteiger charge is 2.22. The number of rotatable bonds is 4. The summed E-state index contributed by atoms with van der Waals surface area (Å²) in [5.41, 5.74) is 1.22. The Bertz CT molecular complexity index is 493. The lowest BCUT2D eigenvalue weighted by Crippen LogP contribution is -2.47. The van der Waals surface area contributed by atoms with E-state index in [1.54, 1.807) is 0 Å². The normalized spacial score (nSPS) is 19.9. The maximum Gasteiger partial charge on any atom is 0.407 e. The van der Waals surface area contributed by atoms with Gasteiger partial charge in [0, 0.05) is 30.9 Å². The number of carbonyl (C=O) groups is 1. The highest BCUT2D eigenvalue weighted by atomic mass is 16.5. The molecule has 6 nitrogen and oxygen atoms in total. The molecule has 1 aliphatic rings. The fourth-order valence-electron chi connectivity index (χ4n) is 2.72. The molecule has 0 bridgehead atoms. The number of hydrogen-bond donors (Lipinski definition) is 1. The molecule has 1 amide bonds. The summed E-state index contributed by atoms with van der Waals surface area (Å²) in [6.07, 6.45) is 5.84. The molecule has 1 unspecified atom stereocenters. The minimum absolute atomic E-state index is 0.00808. The third-order valence-electron chi connectivity index (χ3n) is 3.83. The predicted octanol–water partition coefficient (Wildman–Crippen LogP) is 2.35. The van der Waals surface area contributed by atoms with Crippen molar-refractivity contribution >= 4 is 6.09 Å². The van der Waals surface area contributed by atoms with Crippen molar-refractivity contribution in [3.8, 4) is 0 Å². The van der Waals surface area contributed by atoms with Gasteiger partial charge in [-0.15, -0.1) is 0 Å². The number of nitrogens with zero attached hydrogens (tertiary/aromatic N) is 3. The van der Waals surface area contributed by atoms with Gasteiger partial charge in [-0.2, -0.15) is 5.10 Å². The van der Waals surface area contributed by atoms with Gasteiger partial charge in [0.25, 0.3) is 0 Å². The van der Waals surface area contributed by atoms with Gasteiger partial charge in [-0.3, -0.25) is 9.58 Å². The lowest BCUT2D eigenvalue weighted by molar-refractivity contribution is 0.132. The van der Waals surface area contributed by atoms with Crippen LogP contribution in [0.25, 0.3) is 0 Å². The van der Waals surface area contributed by atoms with Gasteiger partial charge >= 0.3 is 6.09 Å². The average Bonchev–Trinajstić information content (AvgIpc) is 2.88. The largest absolute Gasteiger partial charge is 0.450 e. The van der Waals surface area contributed by atoms with Crippen LogP contribution in [0.2, 0.25) is 0 Å². The molecule has 0 radical (unpaired) electrons. The van der Waals surface area contributed by atoms with Crippen molar-refractivity contribution in [3.05, 3.63) is 18.0 Å². The number of carbonyl (C=O) groups excluding carboxylic acids is 1. The first kappa shape index (κ1) is 16.8. The summed E-state index contributed by atoms with van der Waals surface area (Å²) in [5.74, 6) is 0. The zero-order chi connectivity index (χ0) is 16.2. The van der Waals surface area contributed by atoms with Gasteiger partial charge in [-0.25, -0.2) is 4.79 Å². The van der Waals surface area contributed by atoms with Crippen LogP contribution in [-0.4, -0.2) is 46.5 Å². The van der Waals surface area contributed by atoms with E-state index < -0.39 is 0 Å². The molecule has 0 aromatic carbocycles. The van der Waals surface area contributed by atoms with E-state index in [0.29, 0.717) is 6.61 Å². The number of likely N-dealkylation sites (tertiary alicyclic amines) is 1. The van der Waals surface area contributed by atoms with Crippen LogP contribution < -0.4 is 5.32 Å². The Kier molecular flexibility index (Phi) is 5.45. The molecule has 1 aliphatic heterocycles. The standard InChI is InChI=1S/C16H28N4O2/c1-5-22-15(21)18-14-7-6-8-19(12-14)10-13-9-17-20(11-13)16(2,3)4/h9,11,14H,5-8,10,12H2,1-4H3,(H,18,21). The van der Waals surface area contributed by atoms with Gasteiger partial charge in [-0.1, -0.05) is 0 Å². The second kappa shape index (κ2) is 7.13. The minimum atomic E-state index is -0.310.